The van der Waals surface area contributed by atoms with Crippen LogP contribution in [0.15, 0.2) is 39.4 Å². The molecule has 7 heteroatoms. The van der Waals surface area contributed by atoms with Gasteiger partial charge in [-0.3, -0.25) is 0 Å². The highest BCUT2D eigenvalue weighted by Gasteiger charge is 2.21. The maximum atomic E-state index is 12.1. The largest absolute Gasteiger partial charge is 0.472 e. The molecule has 1 fully saturated rings. The molecule has 2 aromatic heterocycles. The summed E-state index contributed by atoms with van der Waals surface area (Å²) in [6, 6.07) is 4.09. The van der Waals surface area contributed by atoms with Gasteiger partial charge in [-0.25, -0.2) is 13.1 Å². The average Bonchev–Trinajstić information content (AvgIpc) is 2.94. The summed E-state index contributed by atoms with van der Waals surface area (Å²) in [5, 5.41) is 5.06. The molecule has 0 saturated heterocycles. The lowest BCUT2D eigenvalue weighted by molar-refractivity contribution is 0.561. The van der Waals surface area contributed by atoms with Crippen LogP contribution in [0.1, 0.15) is 23.3 Å². The van der Waals surface area contributed by atoms with Crippen molar-refractivity contribution in [2.24, 2.45) is 0 Å². The maximum absolute atomic E-state index is 12.1. The van der Waals surface area contributed by atoms with E-state index in [9.17, 15) is 8.42 Å². The molecule has 2 aromatic rings. The van der Waals surface area contributed by atoms with Crippen molar-refractivity contribution in [2.75, 3.05) is 0 Å². The van der Waals surface area contributed by atoms with Gasteiger partial charge in [0.25, 0.3) is 0 Å². The number of nitrogens with one attached hydrogen (secondary N) is 2. The van der Waals surface area contributed by atoms with Crippen LogP contribution >= 0.6 is 11.3 Å². The Bertz CT molecular complexity index is 658. The first kappa shape index (κ1) is 13.8. The lowest BCUT2D eigenvalue weighted by Crippen LogP contribution is -2.22. The number of furan rings is 1. The summed E-state index contributed by atoms with van der Waals surface area (Å²) >= 11 is 1.47. The Labute approximate surface area is 122 Å². The third-order valence-electron chi connectivity index (χ3n) is 3.13. The third-order valence-corrected chi connectivity index (χ3v) is 5.60. The standard InChI is InChI=1S/C13H16N2O3S2/c16-20(17,15-6-10-3-4-18-8-10)13-5-12(19-9-13)7-14-11-1-2-11/h3-5,8-9,11,14-15H,1-2,6-7H2. The van der Waals surface area contributed by atoms with Crippen molar-refractivity contribution < 1.29 is 12.8 Å². The van der Waals surface area contributed by atoms with E-state index in [-0.39, 0.29) is 6.54 Å². The van der Waals surface area contributed by atoms with Crippen molar-refractivity contribution in [1.82, 2.24) is 10.0 Å². The molecule has 0 spiro atoms. The molecule has 0 aliphatic heterocycles. The first-order valence-corrected chi connectivity index (χ1v) is 8.81. The van der Waals surface area contributed by atoms with E-state index in [2.05, 4.69) is 10.0 Å². The maximum Gasteiger partial charge on any atom is 0.241 e. The molecule has 0 atom stereocenters. The van der Waals surface area contributed by atoms with Gasteiger partial charge in [-0.2, -0.15) is 0 Å². The molecule has 1 saturated carbocycles. The van der Waals surface area contributed by atoms with Gasteiger partial charge in [-0.15, -0.1) is 11.3 Å². The van der Waals surface area contributed by atoms with Crippen LogP contribution in [0.4, 0.5) is 0 Å². The second-order valence-electron chi connectivity index (χ2n) is 4.86. The van der Waals surface area contributed by atoms with Gasteiger partial charge in [-0.1, -0.05) is 0 Å². The highest BCUT2D eigenvalue weighted by molar-refractivity contribution is 7.89. The molecular formula is C13H16N2O3S2. The van der Waals surface area contributed by atoms with Crippen molar-refractivity contribution in [1.29, 1.82) is 0 Å². The van der Waals surface area contributed by atoms with Crippen molar-refractivity contribution in [3.8, 4) is 0 Å². The minimum atomic E-state index is -3.45. The Morgan fingerprint density at radius 1 is 1.35 bits per heavy atom. The minimum Gasteiger partial charge on any atom is -0.472 e. The van der Waals surface area contributed by atoms with E-state index in [1.54, 1.807) is 17.5 Å². The summed E-state index contributed by atoms with van der Waals surface area (Å²) in [5.74, 6) is 0. The van der Waals surface area contributed by atoms with Crippen LogP contribution in [-0.4, -0.2) is 14.5 Å². The summed E-state index contributed by atoms with van der Waals surface area (Å²) in [5.41, 5.74) is 0.805. The zero-order valence-corrected chi connectivity index (χ0v) is 12.5. The topological polar surface area (TPSA) is 71.3 Å². The molecular weight excluding hydrogens is 296 g/mol. The molecule has 3 rings (SSSR count). The lowest BCUT2D eigenvalue weighted by Gasteiger charge is -2.03. The molecule has 2 heterocycles. The fourth-order valence-corrected chi connectivity index (χ4v) is 4.03. The van der Waals surface area contributed by atoms with Gasteiger partial charge in [0, 0.05) is 35.0 Å². The fraction of sp³-hybridized carbons (Fsp3) is 0.385. The van der Waals surface area contributed by atoms with Gasteiger partial charge >= 0.3 is 0 Å². The highest BCUT2D eigenvalue weighted by Crippen LogP contribution is 2.23. The number of rotatable bonds is 7. The zero-order valence-electron chi connectivity index (χ0n) is 10.8. The molecule has 5 nitrogen and oxygen atoms in total. The summed E-state index contributed by atoms with van der Waals surface area (Å²) in [6.07, 6.45) is 5.50. The number of hydrogen-bond acceptors (Lipinski definition) is 5. The molecule has 0 aromatic carbocycles. The van der Waals surface area contributed by atoms with E-state index >= 15 is 0 Å². The van der Waals surface area contributed by atoms with Gasteiger partial charge in [0.05, 0.1) is 17.4 Å². The van der Waals surface area contributed by atoms with Crippen molar-refractivity contribution in [3.63, 3.8) is 0 Å². The van der Waals surface area contributed by atoms with Crippen molar-refractivity contribution in [2.45, 2.75) is 36.9 Å². The second kappa shape index (κ2) is 5.69. The zero-order chi connectivity index (χ0) is 14.0. The Balaban J connectivity index is 1.61. The first-order chi connectivity index (χ1) is 9.63. The van der Waals surface area contributed by atoms with Gasteiger partial charge in [0.2, 0.25) is 10.0 Å². The molecule has 1 aliphatic carbocycles. The molecule has 0 amide bonds. The van der Waals surface area contributed by atoms with Crippen molar-refractivity contribution in [3.05, 3.63) is 40.5 Å². The summed E-state index contributed by atoms with van der Waals surface area (Å²) in [7, 11) is -3.45. The van der Waals surface area contributed by atoms with E-state index < -0.39 is 10.0 Å². The lowest BCUT2D eigenvalue weighted by atomic mass is 10.4. The summed E-state index contributed by atoms with van der Waals surface area (Å²) < 4.78 is 31.7. The normalized spacial score (nSPS) is 15.6. The van der Waals surface area contributed by atoms with Crippen LogP contribution in [0.2, 0.25) is 0 Å². The predicted molar refractivity (Wildman–Crippen MR) is 76.9 cm³/mol. The van der Waals surface area contributed by atoms with Gasteiger partial charge in [0.15, 0.2) is 0 Å². The average molecular weight is 312 g/mol. The number of hydrogen-bond donors (Lipinski definition) is 2. The van der Waals surface area contributed by atoms with E-state index in [0.29, 0.717) is 10.9 Å². The number of thiophene rings is 1. The Morgan fingerprint density at radius 2 is 2.20 bits per heavy atom. The molecule has 0 unspecified atom stereocenters. The van der Waals surface area contributed by atoms with Crippen LogP contribution in [0.3, 0.4) is 0 Å². The summed E-state index contributed by atoms with van der Waals surface area (Å²) in [4.78, 5) is 1.37. The van der Waals surface area contributed by atoms with E-state index in [0.717, 1.165) is 17.0 Å². The van der Waals surface area contributed by atoms with Crippen LogP contribution in [0.5, 0.6) is 0 Å². The van der Waals surface area contributed by atoms with Gasteiger partial charge in [-0.05, 0) is 25.0 Å². The first-order valence-electron chi connectivity index (χ1n) is 6.45. The van der Waals surface area contributed by atoms with Crippen LogP contribution in [-0.2, 0) is 23.1 Å². The molecule has 1 aliphatic rings. The minimum absolute atomic E-state index is 0.240. The van der Waals surface area contributed by atoms with Crippen LogP contribution in [0.25, 0.3) is 0 Å². The predicted octanol–water partition coefficient (Wildman–Crippen LogP) is 2.07. The Kier molecular flexibility index (Phi) is 3.93. The fourth-order valence-electron chi connectivity index (χ4n) is 1.78. The molecule has 20 heavy (non-hydrogen) atoms. The van der Waals surface area contributed by atoms with Crippen LogP contribution in [0, 0.1) is 0 Å². The van der Waals surface area contributed by atoms with E-state index in [4.69, 9.17) is 4.42 Å². The smallest absolute Gasteiger partial charge is 0.241 e. The van der Waals surface area contributed by atoms with Gasteiger partial charge in [0.1, 0.15) is 0 Å². The quantitative estimate of drug-likeness (QED) is 0.821. The van der Waals surface area contributed by atoms with E-state index in [1.165, 1.54) is 36.7 Å². The number of sulfonamides is 1. The highest BCUT2D eigenvalue weighted by atomic mass is 32.2. The Hall–Kier alpha value is -1.15. The molecule has 0 radical (unpaired) electrons. The van der Waals surface area contributed by atoms with Crippen molar-refractivity contribution >= 4 is 21.4 Å². The Morgan fingerprint density at radius 3 is 2.90 bits per heavy atom. The monoisotopic (exact) mass is 312 g/mol. The SMILES string of the molecule is O=S(=O)(NCc1ccoc1)c1csc(CNC2CC2)c1. The van der Waals surface area contributed by atoms with Crippen LogP contribution < -0.4 is 10.0 Å². The second-order valence-corrected chi connectivity index (χ2v) is 7.62. The van der Waals surface area contributed by atoms with E-state index in [1.807, 2.05) is 0 Å². The molecule has 0 bridgehead atoms. The van der Waals surface area contributed by atoms with Gasteiger partial charge < -0.3 is 9.73 Å². The third kappa shape index (κ3) is 3.49. The summed E-state index contributed by atoms with van der Waals surface area (Å²) in [6.45, 7) is 0.983. The molecule has 2 N–H and O–H groups in total. The molecule has 108 valence electrons.